The lowest BCUT2D eigenvalue weighted by Gasteiger charge is -2.01. The van der Waals surface area contributed by atoms with E-state index in [0.29, 0.717) is 11.5 Å². The molecule has 0 atom stereocenters. The number of hydrogen-bond donors (Lipinski definition) is 2. The van der Waals surface area contributed by atoms with Crippen molar-refractivity contribution in [1.29, 1.82) is 0 Å². The summed E-state index contributed by atoms with van der Waals surface area (Å²) in [5.41, 5.74) is 0.617. The molecule has 2 N–H and O–H groups in total. The van der Waals surface area contributed by atoms with Crippen LogP contribution in [0, 0.1) is 0 Å². The predicted octanol–water partition coefficient (Wildman–Crippen LogP) is -0.379. The zero-order valence-electron chi connectivity index (χ0n) is 7.08. The molecule has 0 spiro atoms. The van der Waals surface area contributed by atoms with Crippen molar-refractivity contribution >= 4 is 17.4 Å². The van der Waals surface area contributed by atoms with Gasteiger partial charge in [-0.2, -0.15) is 4.52 Å². The number of carboxylic acids is 1. The summed E-state index contributed by atoms with van der Waals surface area (Å²) in [6, 6.07) is 3.34. The Hall–Kier alpha value is -2.18. The molecule has 0 saturated carbocycles. The van der Waals surface area contributed by atoms with E-state index in [-0.39, 0.29) is 6.54 Å². The van der Waals surface area contributed by atoms with E-state index in [1.807, 2.05) is 0 Å². The van der Waals surface area contributed by atoms with Crippen LogP contribution in [0.25, 0.3) is 5.65 Å². The molecule has 72 valence electrons. The molecular formula is C7H7N5O2. The van der Waals surface area contributed by atoms with Crippen LogP contribution >= 0.6 is 0 Å². The minimum atomic E-state index is -0.935. The van der Waals surface area contributed by atoms with E-state index in [0.717, 1.165) is 0 Å². The Balaban J connectivity index is 2.21. The fourth-order valence-corrected chi connectivity index (χ4v) is 0.989. The summed E-state index contributed by atoms with van der Waals surface area (Å²) >= 11 is 0. The number of anilines is 1. The molecule has 2 heterocycles. The van der Waals surface area contributed by atoms with Gasteiger partial charge in [-0.1, -0.05) is 0 Å². The Labute approximate surface area is 78.4 Å². The molecule has 0 saturated heterocycles. The van der Waals surface area contributed by atoms with Gasteiger partial charge in [0.25, 0.3) is 0 Å². The van der Waals surface area contributed by atoms with Crippen molar-refractivity contribution in [2.75, 3.05) is 11.9 Å². The van der Waals surface area contributed by atoms with E-state index in [9.17, 15) is 4.79 Å². The summed E-state index contributed by atoms with van der Waals surface area (Å²) in [5, 5.41) is 22.5. The van der Waals surface area contributed by atoms with Crippen molar-refractivity contribution in [3.05, 3.63) is 18.5 Å². The molecule has 2 rings (SSSR count). The maximum absolute atomic E-state index is 10.3. The molecule has 0 aliphatic carbocycles. The van der Waals surface area contributed by atoms with E-state index >= 15 is 0 Å². The number of nitrogens with zero attached hydrogens (tertiary/aromatic N) is 4. The van der Waals surface area contributed by atoms with E-state index < -0.39 is 5.97 Å². The van der Waals surface area contributed by atoms with Crippen LogP contribution in [0.5, 0.6) is 0 Å². The number of rotatable bonds is 3. The molecule has 2 aromatic heterocycles. The quantitative estimate of drug-likeness (QED) is 0.690. The number of carboxylic acid groups (broad SMARTS) is 1. The minimum Gasteiger partial charge on any atom is -0.480 e. The first-order chi connectivity index (χ1) is 6.75. The lowest BCUT2D eigenvalue weighted by molar-refractivity contribution is -0.134. The van der Waals surface area contributed by atoms with Gasteiger partial charge < -0.3 is 10.4 Å². The Morgan fingerprint density at radius 1 is 1.57 bits per heavy atom. The molecule has 0 aliphatic rings. The number of aliphatic carboxylic acids is 1. The third kappa shape index (κ3) is 1.60. The largest absolute Gasteiger partial charge is 0.480 e. The Morgan fingerprint density at radius 2 is 2.43 bits per heavy atom. The number of carbonyl (C=O) groups is 1. The maximum atomic E-state index is 10.3. The molecule has 0 fully saturated rings. The molecule has 0 aliphatic heterocycles. The van der Waals surface area contributed by atoms with Crippen molar-refractivity contribution in [3.63, 3.8) is 0 Å². The highest BCUT2D eigenvalue weighted by atomic mass is 16.4. The summed E-state index contributed by atoms with van der Waals surface area (Å²) in [5.74, 6) is -0.463. The van der Waals surface area contributed by atoms with E-state index in [1.54, 1.807) is 12.1 Å². The number of aromatic nitrogens is 4. The number of fused-ring (bicyclic) bond motifs is 1. The fourth-order valence-electron chi connectivity index (χ4n) is 0.989. The smallest absolute Gasteiger partial charge is 0.322 e. The van der Waals surface area contributed by atoms with Crippen LogP contribution in [-0.2, 0) is 4.79 Å². The van der Waals surface area contributed by atoms with E-state index in [2.05, 4.69) is 20.6 Å². The summed E-state index contributed by atoms with van der Waals surface area (Å²) in [4.78, 5) is 10.3. The third-order valence-electron chi connectivity index (χ3n) is 1.58. The Bertz CT molecular complexity index is 466. The minimum absolute atomic E-state index is 0.166. The highest BCUT2D eigenvalue weighted by Crippen LogP contribution is 2.03. The standard InChI is InChI=1S/C7H7N5O2/c13-7(14)3-8-5-1-2-6-10-9-4-12(6)11-5/h1-2,4H,3H2,(H,8,11)(H,13,14). The molecule has 7 nitrogen and oxygen atoms in total. The summed E-state index contributed by atoms with van der Waals surface area (Å²) in [6.07, 6.45) is 1.45. The van der Waals surface area contributed by atoms with Gasteiger partial charge in [0.1, 0.15) is 18.7 Å². The number of hydrogen-bond acceptors (Lipinski definition) is 5. The molecule has 0 amide bonds. The molecule has 0 bridgehead atoms. The van der Waals surface area contributed by atoms with Gasteiger partial charge in [0, 0.05) is 0 Å². The second-order valence-corrected chi connectivity index (χ2v) is 2.60. The van der Waals surface area contributed by atoms with Crippen LogP contribution in [0.15, 0.2) is 18.5 Å². The van der Waals surface area contributed by atoms with Gasteiger partial charge in [0.15, 0.2) is 5.65 Å². The second-order valence-electron chi connectivity index (χ2n) is 2.60. The van der Waals surface area contributed by atoms with E-state index in [1.165, 1.54) is 10.8 Å². The lowest BCUT2D eigenvalue weighted by Crippen LogP contribution is -2.13. The summed E-state index contributed by atoms with van der Waals surface area (Å²) in [7, 11) is 0. The molecule has 2 aromatic rings. The lowest BCUT2D eigenvalue weighted by atomic mass is 10.5. The monoisotopic (exact) mass is 193 g/mol. The molecule has 0 radical (unpaired) electrons. The molecular weight excluding hydrogens is 186 g/mol. The van der Waals surface area contributed by atoms with Gasteiger partial charge in [-0.3, -0.25) is 4.79 Å². The first-order valence-electron chi connectivity index (χ1n) is 3.88. The average Bonchev–Trinajstić information content (AvgIpc) is 2.61. The van der Waals surface area contributed by atoms with Crippen LogP contribution < -0.4 is 5.32 Å². The van der Waals surface area contributed by atoms with Crippen LogP contribution in [0.4, 0.5) is 5.82 Å². The van der Waals surface area contributed by atoms with Gasteiger partial charge >= 0.3 is 5.97 Å². The van der Waals surface area contributed by atoms with Gasteiger partial charge in [-0.05, 0) is 12.1 Å². The Kier molecular flexibility index (Phi) is 1.98. The van der Waals surface area contributed by atoms with Crippen LogP contribution in [0.3, 0.4) is 0 Å². The fraction of sp³-hybridized carbons (Fsp3) is 0.143. The highest BCUT2D eigenvalue weighted by Gasteiger charge is 2.00. The van der Waals surface area contributed by atoms with Gasteiger partial charge in [0.05, 0.1) is 0 Å². The van der Waals surface area contributed by atoms with Gasteiger partial charge in [0.2, 0.25) is 0 Å². The second kappa shape index (κ2) is 3.29. The first kappa shape index (κ1) is 8.42. The van der Waals surface area contributed by atoms with Crippen LogP contribution in [0.1, 0.15) is 0 Å². The molecule has 7 heteroatoms. The zero-order chi connectivity index (χ0) is 9.97. The van der Waals surface area contributed by atoms with Gasteiger partial charge in [-0.25, -0.2) is 0 Å². The summed E-state index contributed by atoms with van der Waals surface area (Å²) < 4.78 is 1.46. The van der Waals surface area contributed by atoms with Crippen LogP contribution in [-0.4, -0.2) is 37.4 Å². The average molecular weight is 193 g/mol. The number of nitrogens with one attached hydrogen (secondary N) is 1. The van der Waals surface area contributed by atoms with Gasteiger partial charge in [-0.15, -0.1) is 15.3 Å². The normalized spacial score (nSPS) is 10.3. The maximum Gasteiger partial charge on any atom is 0.322 e. The molecule has 0 aromatic carbocycles. The molecule has 0 unspecified atom stereocenters. The Morgan fingerprint density at radius 3 is 3.21 bits per heavy atom. The topological polar surface area (TPSA) is 92.4 Å². The SMILES string of the molecule is O=C(O)CNc1ccc2nncn2n1. The predicted molar refractivity (Wildman–Crippen MR) is 46.9 cm³/mol. The highest BCUT2D eigenvalue weighted by molar-refractivity contribution is 5.72. The summed E-state index contributed by atoms with van der Waals surface area (Å²) in [6.45, 7) is -0.166. The molecule has 14 heavy (non-hydrogen) atoms. The zero-order valence-corrected chi connectivity index (χ0v) is 7.08. The van der Waals surface area contributed by atoms with Crippen molar-refractivity contribution in [2.24, 2.45) is 0 Å². The van der Waals surface area contributed by atoms with Crippen molar-refractivity contribution in [3.8, 4) is 0 Å². The van der Waals surface area contributed by atoms with Crippen LogP contribution in [0.2, 0.25) is 0 Å². The van der Waals surface area contributed by atoms with Crippen molar-refractivity contribution in [1.82, 2.24) is 19.8 Å². The van der Waals surface area contributed by atoms with Crippen molar-refractivity contribution < 1.29 is 9.90 Å². The van der Waals surface area contributed by atoms with Crippen molar-refractivity contribution in [2.45, 2.75) is 0 Å². The first-order valence-corrected chi connectivity index (χ1v) is 3.88. The van der Waals surface area contributed by atoms with E-state index in [4.69, 9.17) is 5.11 Å². The third-order valence-corrected chi connectivity index (χ3v) is 1.58.